The highest BCUT2D eigenvalue weighted by molar-refractivity contribution is 5.69. The number of esters is 1. The summed E-state index contributed by atoms with van der Waals surface area (Å²) in [5.41, 5.74) is 4.95. The highest BCUT2D eigenvalue weighted by atomic mass is 16.5. The standard InChI is InChI=1S/C7H15NO3/c1-5(2)4-11-7(10)3-6(8)9/h5-6,9H,3-4,8H2,1-2H3/t6-/m1/s1. The van der Waals surface area contributed by atoms with Gasteiger partial charge in [-0.3, -0.25) is 4.79 Å². The summed E-state index contributed by atoms with van der Waals surface area (Å²) in [4.78, 5) is 10.7. The SMILES string of the molecule is CC(C)COC(=O)C[C@H](N)O. The topological polar surface area (TPSA) is 72.5 Å². The molecule has 11 heavy (non-hydrogen) atoms. The third kappa shape index (κ3) is 7.29. The van der Waals surface area contributed by atoms with Gasteiger partial charge in [-0.1, -0.05) is 13.8 Å². The van der Waals surface area contributed by atoms with Gasteiger partial charge < -0.3 is 15.6 Å². The van der Waals surface area contributed by atoms with E-state index in [0.717, 1.165) is 0 Å². The van der Waals surface area contributed by atoms with E-state index in [1.807, 2.05) is 13.8 Å². The Balaban J connectivity index is 3.38. The molecule has 4 nitrogen and oxygen atoms in total. The van der Waals surface area contributed by atoms with Crippen LogP contribution in [0.25, 0.3) is 0 Å². The van der Waals surface area contributed by atoms with E-state index in [9.17, 15) is 4.79 Å². The molecule has 66 valence electrons. The first-order chi connectivity index (χ1) is 5.02. The molecule has 0 aliphatic rings. The molecule has 0 saturated heterocycles. The van der Waals surface area contributed by atoms with Crippen LogP contribution in [0, 0.1) is 5.92 Å². The van der Waals surface area contributed by atoms with Crippen LogP contribution in [0.4, 0.5) is 0 Å². The molecule has 0 aliphatic heterocycles. The molecule has 0 aromatic heterocycles. The lowest BCUT2D eigenvalue weighted by atomic mass is 10.2. The fraction of sp³-hybridized carbons (Fsp3) is 0.857. The quantitative estimate of drug-likeness (QED) is 0.444. The summed E-state index contributed by atoms with van der Waals surface area (Å²) in [6.07, 6.45) is -1.23. The molecule has 0 radical (unpaired) electrons. The molecule has 0 aromatic carbocycles. The minimum atomic E-state index is -1.10. The van der Waals surface area contributed by atoms with Crippen LogP contribution in [0.2, 0.25) is 0 Å². The van der Waals surface area contributed by atoms with Crippen molar-refractivity contribution in [1.82, 2.24) is 0 Å². The van der Waals surface area contributed by atoms with Crippen LogP contribution < -0.4 is 5.73 Å². The maximum atomic E-state index is 10.7. The van der Waals surface area contributed by atoms with Crippen LogP contribution >= 0.6 is 0 Å². The lowest BCUT2D eigenvalue weighted by Gasteiger charge is -2.07. The van der Waals surface area contributed by atoms with Crippen LogP contribution in [-0.4, -0.2) is 23.9 Å². The number of nitrogens with two attached hydrogens (primary N) is 1. The van der Waals surface area contributed by atoms with Crippen molar-refractivity contribution in [2.45, 2.75) is 26.5 Å². The lowest BCUT2D eigenvalue weighted by Crippen LogP contribution is -2.24. The zero-order valence-corrected chi connectivity index (χ0v) is 6.91. The molecule has 3 N–H and O–H groups in total. The maximum Gasteiger partial charge on any atom is 0.309 e. The van der Waals surface area contributed by atoms with Gasteiger partial charge in [0.15, 0.2) is 0 Å². The van der Waals surface area contributed by atoms with Gasteiger partial charge in [0.05, 0.1) is 13.0 Å². The Morgan fingerprint density at radius 3 is 2.55 bits per heavy atom. The first kappa shape index (κ1) is 10.4. The molecule has 0 saturated carbocycles. The zero-order chi connectivity index (χ0) is 8.85. The Kier molecular flexibility index (Phi) is 4.81. The van der Waals surface area contributed by atoms with Crippen LogP contribution in [0.3, 0.4) is 0 Å². The zero-order valence-electron chi connectivity index (χ0n) is 6.91. The fourth-order valence-corrected chi connectivity index (χ4v) is 0.489. The van der Waals surface area contributed by atoms with E-state index >= 15 is 0 Å². The third-order valence-electron chi connectivity index (χ3n) is 0.953. The minimum absolute atomic E-state index is 0.132. The average Bonchev–Trinajstić information content (AvgIpc) is 1.82. The van der Waals surface area contributed by atoms with Gasteiger partial charge in [-0.25, -0.2) is 0 Å². The molecule has 4 heteroatoms. The molecule has 1 atom stereocenters. The van der Waals surface area contributed by atoms with Gasteiger partial charge in [0.2, 0.25) is 0 Å². The predicted molar refractivity (Wildman–Crippen MR) is 40.6 cm³/mol. The Morgan fingerprint density at radius 1 is 1.64 bits per heavy atom. The molecule has 0 unspecified atom stereocenters. The number of aliphatic hydroxyl groups is 1. The highest BCUT2D eigenvalue weighted by Crippen LogP contribution is 1.95. The normalized spacial score (nSPS) is 13.2. The van der Waals surface area contributed by atoms with Gasteiger partial charge >= 0.3 is 5.97 Å². The summed E-state index contributed by atoms with van der Waals surface area (Å²) >= 11 is 0. The monoisotopic (exact) mass is 161 g/mol. The minimum Gasteiger partial charge on any atom is -0.465 e. The van der Waals surface area contributed by atoms with Gasteiger partial charge in [0.25, 0.3) is 0 Å². The molecular weight excluding hydrogens is 146 g/mol. The Bertz CT molecular complexity index is 123. The number of ether oxygens (including phenoxy) is 1. The van der Waals surface area contributed by atoms with Crippen LogP contribution in [0.5, 0.6) is 0 Å². The average molecular weight is 161 g/mol. The summed E-state index contributed by atoms with van der Waals surface area (Å²) in [5.74, 6) is -0.137. The summed E-state index contributed by atoms with van der Waals surface area (Å²) in [7, 11) is 0. The molecule has 0 aromatic rings. The van der Waals surface area contributed by atoms with Crippen LogP contribution in [-0.2, 0) is 9.53 Å². The van der Waals surface area contributed by atoms with Crippen molar-refractivity contribution >= 4 is 5.97 Å². The van der Waals surface area contributed by atoms with E-state index in [2.05, 4.69) is 0 Å². The van der Waals surface area contributed by atoms with Gasteiger partial charge in [0, 0.05) is 0 Å². The Labute approximate surface area is 66.3 Å². The number of hydrogen-bond acceptors (Lipinski definition) is 4. The summed E-state index contributed by atoms with van der Waals surface area (Å²) < 4.78 is 4.74. The van der Waals surface area contributed by atoms with Crippen molar-refractivity contribution < 1.29 is 14.6 Å². The summed E-state index contributed by atoms with van der Waals surface area (Å²) in [6.45, 7) is 4.25. The van der Waals surface area contributed by atoms with Crippen molar-refractivity contribution in [3.8, 4) is 0 Å². The van der Waals surface area contributed by atoms with Crippen molar-refractivity contribution in [1.29, 1.82) is 0 Å². The third-order valence-corrected chi connectivity index (χ3v) is 0.953. The largest absolute Gasteiger partial charge is 0.465 e. The van der Waals surface area contributed by atoms with E-state index in [1.165, 1.54) is 0 Å². The van der Waals surface area contributed by atoms with E-state index in [1.54, 1.807) is 0 Å². The molecule has 0 aliphatic carbocycles. The maximum absolute atomic E-state index is 10.7. The highest BCUT2D eigenvalue weighted by Gasteiger charge is 2.07. The van der Waals surface area contributed by atoms with E-state index in [4.69, 9.17) is 15.6 Å². The predicted octanol–water partition coefficient (Wildman–Crippen LogP) is -0.147. The molecule has 0 spiro atoms. The molecule has 0 heterocycles. The molecule has 0 amide bonds. The van der Waals surface area contributed by atoms with Gasteiger partial charge in [0.1, 0.15) is 6.23 Å². The molecule has 0 bridgehead atoms. The molecule has 0 rings (SSSR count). The Hall–Kier alpha value is -0.610. The first-order valence-corrected chi connectivity index (χ1v) is 3.61. The van der Waals surface area contributed by atoms with Gasteiger partial charge in [-0.15, -0.1) is 0 Å². The number of aliphatic hydroxyl groups excluding tert-OH is 1. The second kappa shape index (κ2) is 5.09. The number of rotatable bonds is 4. The van der Waals surface area contributed by atoms with E-state index in [-0.39, 0.29) is 6.42 Å². The van der Waals surface area contributed by atoms with Crippen molar-refractivity contribution in [3.05, 3.63) is 0 Å². The molecule has 0 fully saturated rings. The van der Waals surface area contributed by atoms with E-state index < -0.39 is 12.2 Å². The number of carbonyl (C=O) groups excluding carboxylic acids is 1. The van der Waals surface area contributed by atoms with Crippen LogP contribution in [0.1, 0.15) is 20.3 Å². The smallest absolute Gasteiger partial charge is 0.309 e. The van der Waals surface area contributed by atoms with E-state index in [0.29, 0.717) is 12.5 Å². The van der Waals surface area contributed by atoms with Gasteiger partial charge in [-0.2, -0.15) is 0 Å². The first-order valence-electron chi connectivity index (χ1n) is 3.61. The second-order valence-electron chi connectivity index (χ2n) is 2.85. The number of hydrogen-bond donors (Lipinski definition) is 2. The lowest BCUT2D eigenvalue weighted by molar-refractivity contribution is -0.146. The number of carbonyl (C=O) groups is 1. The fourth-order valence-electron chi connectivity index (χ4n) is 0.489. The Morgan fingerprint density at radius 2 is 2.18 bits per heavy atom. The van der Waals surface area contributed by atoms with Gasteiger partial charge in [-0.05, 0) is 5.92 Å². The summed E-state index contributed by atoms with van der Waals surface area (Å²) in [5, 5.41) is 8.56. The van der Waals surface area contributed by atoms with Crippen LogP contribution in [0.15, 0.2) is 0 Å². The second-order valence-corrected chi connectivity index (χ2v) is 2.85. The van der Waals surface area contributed by atoms with Crippen molar-refractivity contribution in [2.75, 3.05) is 6.61 Å². The van der Waals surface area contributed by atoms with Crippen molar-refractivity contribution in [3.63, 3.8) is 0 Å². The molecular formula is C7H15NO3. The van der Waals surface area contributed by atoms with Crippen molar-refractivity contribution in [2.24, 2.45) is 11.7 Å². The summed E-state index contributed by atoms with van der Waals surface area (Å²) in [6, 6.07) is 0.